The molecule has 0 aliphatic carbocycles. The molecular formula is C26H25ClN4O4S2. The predicted molar refractivity (Wildman–Crippen MR) is 145 cm³/mol. The monoisotopic (exact) mass is 556 g/mol. The quantitative estimate of drug-likeness (QED) is 0.318. The first-order valence-electron chi connectivity index (χ1n) is 11.8. The van der Waals surface area contributed by atoms with Gasteiger partial charge in [0.05, 0.1) is 28.8 Å². The molecule has 37 heavy (non-hydrogen) atoms. The Hall–Kier alpha value is -3.05. The summed E-state index contributed by atoms with van der Waals surface area (Å²) in [6.45, 7) is 0.852. The first kappa shape index (κ1) is 25.6. The zero-order valence-electron chi connectivity index (χ0n) is 20.1. The van der Waals surface area contributed by atoms with Crippen molar-refractivity contribution in [2.24, 2.45) is 5.92 Å². The number of amides is 1. The van der Waals surface area contributed by atoms with Gasteiger partial charge in [0.1, 0.15) is 5.75 Å². The van der Waals surface area contributed by atoms with Crippen LogP contribution in [0, 0.1) is 5.92 Å². The van der Waals surface area contributed by atoms with Crippen LogP contribution in [0.25, 0.3) is 10.2 Å². The number of halogens is 1. The second kappa shape index (κ2) is 10.7. The summed E-state index contributed by atoms with van der Waals surface area (Å²) in [6.07, 6.45) is 4.27. The minimum atomic E-state index is -3.65. The Morgan fingerprint density at radius 1 is 1.16 bits per heavy atom. The molecule has 0 spiro atoms. The SMILES string of the molecule is COc1ccc2nc(N(Cc3cccnc3)C(=O)C3CCN(S(=O)(=O)c4ccc(Cl)cc4)CC3)sc2c1. The van der Waals surface area contributed by atoms with E-state index in [1.54, 1.807) is 36.5 Å². The van der Waals surface area contributed by atoms with E-state index in [0.717, 1.165) is 21.5 Å². The van der Waals surface area contributed by atoms with Crippen LogP contribution < -0.4 is 9.64 Å². The Labute approximate surface area is 224 Å². The number of nitrogens with zero attached hydrogens (tertiary/aromatic N) is 4. The van der Waals surface area contributed by atoms with Gasteiger partial charge in [0.15, 0.2) is 5.13 Å². The number of methoxy groups -OCH3 is 1. The van der Waals surface area contributed by atoms with E-state index in [4.69, 9.17) is 21.3 Å². The molecular weight excluding hydrogens is 532 g/mol. The maximum atomic E-state index is 13.8. The van der Waals surface area contributed by atoms with Crippen molar-refractivity contribution in [3.05, 3.63) is 77.6 Å². The smallest absolute Gasteiger partial charge is 0.243 e. The lowest BCUT2D eigenvalue weighted by Gasteiger charge is -2.33. The Bertz CT molecular complexity index is 1500. The number of rotatable bonds is 7. The normalized spacial score (nSPS) is 15.1. The van der Waals surface area contributed by atoms with E-state index < -0.39 is 10.0 Å². The molecule has 0 radical (unpaired) electrons. The molecule has 2 aromatic carbocycles. The number of anilines is 1. The van der Waals surface area contributed by atoms with Crippen LogP contribution in [0.1, 0.15) is 18.4 Å². The van der Waals surface area contributed by atoms with Crippen LogP contribution >= 0.6 is 22.9 Å². The zero-order valence-corrected chi connectivity index (χ0v) is 22.5. The van der Waals surface area contributed by atoms with Gasteiger partial charge < -0.3 is 4.74 Å². The van der Waals surface area contributed by atoms with Crippen LogP contribution in [0.5, 0.6) is 5.75 Å². The molecule has 11 heteroatoms. The Kier molecular flexibility index (Phi) is 7.43. The van der Waals surface area contributed by atoms with Gasteiger partial charge in [-0.2, -0.15) is 4.31 Å². The van der Waals surface area contributed by atoms with Crippen molar-refractivity contribution in [1.29, 1.82) is 0 Å². The number of carbonyl (C=O) groups excluding carboxylic acids is 1. The fourth-order valence-corrected chi connectivity index (χ4v) is 6.96. The van der Waals surface area contributed by atoms with Gasteiger partial charge in [0, 0.05) is 36.4 Å². The van der Waals surface area contributed by atoms with E-state index in [-0.39, 0.29) is 29.8 Å². The van der Waals surface area contributed by atoms with Crippen LogP contribution in [0.2, 0.25) is 5.02 Å². The number of benzene rings is 2. The summed E-state index contributed by atoms with van der Waals surface area (Å²) in [5.41, 5.74) is 1.67. The van der Waals surface area contributed by atoms with Gasteiger partial charge in [0.2, 0.25) is 15.9 Å². The van der Waals surface area contributed by atoms with Crippen molar-refractivity contribution in [2.45, 2.75) is 24.3 Å². The molecule has 0 bridgehead atoms. The van der Waals surface area contributed by atoms with Gasteiger partial charge in [-0.1, -0.05) is 29.0 Å². The van der Waals surface area contributed by atoms with E-state index in [0.29, 0.717) is 29.5 Å². The summed E-state index contributed by atoms with van der Waals surface area (Å²) in [5.74, 6) is 0.329. The summed E-state index contributed by atoms with van der Waals surface area (Å²) in [6, 6.07) is 15.5. The van der Waals surface area contributed by atoms with Gasteiger partial charge >= 0.3 is 0 Å². The summed E-state index contributed by atoms with van der Waals surface area (Å²) >= 11 is 7.34. The third-order valence-corrected chi connectivity index (χ3v) is 9.61. The van der Waals surface area contributed by atoms with Gasteiger partial charge in [-0.25, -0.2) is 13.4 Å². The number of piperidine rings is 1. The zero-order chi connectivity index (χ0) is 26.0. The lowest BCUT2D eigenvalue weighted by molar-refractivity contribution is -0.123. The number of carbonyl (C=O) groups is 1. The molecule has 5 rings (SSSR count). The number of hydrogen-bond donors (Lipinski definition) is 0. The molecule has 2 aromatic heterocycles. The van der Waals surface area contributed by atoms with Gasteiger partial charge in [-0.3, -0.25) is 14.7 Å². The molecule has 0 unspecified atom stereocenters. The summed E-state index contributed by atoms with van der Waals surface area (Å²) < 4.78 is 33.9. The van der Waals surface area contributed by atoms with Crippen molar-refractivity contribution in [1.82, 2.24) is 14.3 Å². The Morgan fingerprint density at radius 2 is 1.92 bits per heavy atom. The topological polar surface area (TPSA) is 92.7 Å². The van der Waals surface area contributed by atoms with Crippen LogP contribution in [-0.4, -0.2) is 48.8 Å². The average Bonchev–Trinajstić information content (AvgIpc) is 3.35. The van der Waals surface area contributed by atoms with E-state index in [1.165, 1.54) is 27.8 Å². The molecule has 1 saturated heterocycles. The van der Waals surface area contributed by atoms with E-state index in [9.17, 15) is 13.2 Å². The molecule has 4 aromatic rings. The van der Waals surface area contributed by atoms with Gasteiger partial charge in [-0.15, -0.1) is 0 Å². The van der Waals surface area contributed by atoms with E-state index in [2.05, 4.69) is 4.98 Å². The summed E-state index contributed by atoms with van der Waals surface area (Å²) in [7, 11) is -2.04. The summed E-state index contributed by atoms with van der Waals surface area (Å²) in [4.78, 5) is 24.6. The van der Waals surface area contributed by atoms with Crippen molar-refractivity contribution in [2.75, 3.05) is 25.1 Å². The molecule has 1 aliphatic heterocycles. The first-order chi connectivity index (χ1) is 17.8. The summed E-state index contributed by atoms with van der Waals surface area (Å²) in [5, 5.41) is 1.07. The fourth-order valence-electron chi connectivity index (χ4n) is 4.37. The number of hydrogen-bond acceptors (Lipinski definition) is 7. The van der Waals surface area contributed by atoms with E-state index in [1.807, 2.05) is 30.3 Å². The maximum absolute atomic E-state index is 13.8. The molecule has 1 aliphatic rings. The molecule has 1 amide bonds. The number of pyridine rings is 1. The number of aromatic nitrogens is 2. The molecule has 3 heterocycles. The predicted octanol–water partition coefficient (Wildman–Crippen LogP) is 4.99. The highest BCUT2D eigenvalue weighted by Gasteiger charge is 2.35. The van der Waals surface area contributed by atoms with Crippen LogP contribution in [0.3, 0.4) is 0 Å². The Morgan fingerprint density at radius 3 is 2.59 bits per heavy atom. The average molecular weight is 557 g/mol. The minimum absolute atomic E-state index is 0.0709. The fraction of sp³-hybridized carbons (Fsp3) is 0.269. The van der Waals surface area contributed by atoms with Gasteiger partial charge in [0.25, 0.3) is 0 Å². The third-order valence-electron chi connectivity index (χ3n) is 6.40. The highest BCUT2D eigenvalue weighted by Crippen LogP contribution is 2.34. The lowest BCUT2D eigenvalue weighted by Crippen LogP contribution is -2.44. The number of ether oxygens (including phenoxy) is 1. The number of sulfonamides is 1. The maximum Gasteiger partial charge on any atom is 0.243 e. The van der Waals surface area contributed by atoms with Crippen LogP contribution in [0.15, 0.2) is 71.9 Å². The number of fused-ring (bicyclic) bond motifs is 1. The second-order valence-electron chi connectivity index (χ2n) is 8.75. The minimum Gasteiger partial charge on any atom is -0.497 e. The van der Waals surface area contributed by atoms with Gasteiger partial charge in [-0.05, 0) is 66.9 Å². The van der Waals surface area contributed by atoms with Crippen molar-refractivity contribution >= 4 is 54.2 Å². The van der Waals surface area contributed by atoms with Crippen molar-refractivity contribution < 1.29 is 17.9 Å². The lowest BCUT2D eigenvalue weighted by atomic mass is 9.96. The molecule has 1 fully saturated rings. The molecule has 0 N–H and O–H groups in total. The highest BCUT2D eigenvalue weighted by atomic mass is 35.5. The van der Waals surface area contributed by atoms with Crippen LogP contribution in [0.4, 0.5) is 5.13 Å². The molecule has 192 valence electrons. The second-order valence-corrected chi connectivity index (χ2v) is 12.1. The van der Waals surface area contributed by atoms with Crippen LogP contribution in [-0.2, 0) is 21.4 Å². The largest absolute Gasteiger partial charge is 0.497 e. The molecule has 0 saturated carbocycles. The van der Waals surface area contributed by atoms with Crippen molar-refractivity contribution in [3.63, 3.8) is 0 Å². The standard InChI is InChI=1S/C26H25ClN4O4S2/c1-35-21-6-9-23-24(15-21)36-26(29-23)31(17-18-3-2-12-28-16-18)25(32)19-10-13-30(14-11-19)37(33,34)22-7-4-20(27)5-8-22/h2-9,12,15-16,19H,10-11,13-14,17H2,1H3. The van der Waals surface area contributed by atoms with Crippen molar-refractivity contribution in [3.8, 4) is 5.75 Å². The number of thiazole rings is 1. The third kappa shape index (κ3) is 5.47. The molecule has 0 atom stereocenters. The highest BCUT2D eigenvalue weighted by molar-refractivity contribution is 7.89. The Balaban J connectivity index is 1.37. The van der Waals surface area contributed by atoms with E-state index >= 15 is 0 Å². The first-order valence-corrected chi connectivity index (χ1v) is 14.4. The molecule has 8 nitrogen and oxygen atoms in total.